The van der Waals surface area contributed by atoms with E-state index in [4.69, 9.17) is 16.7 Å². The summed E-state index contributed by atoms with van der Waals surface area (Å²) in [5.74, 6) is 0.656. The molecule has 0 unspecified atom stereocenters. The van der Waals surface area contributed by atoms with Gasteiger partial charge >= 0.3 is 0 Å². The van der Waals surface area contributed by atoms with E-state index in [2.05, 4.69) is 36.0 Å². The molecular formula is C10H8BrN5OS. The van der Waals surface area contributed by atoms with Crippen LogP contribution in [-0.2, 0) is 13.0 Å². The smallest absolute Gasteiger partial charge is 0.213 e. The molecule has 0 aromatic carbocycles. The van der Waals surface area contributed by atoms with Crippen molar-refractivity contribution in [1.29, 1.82) is 0 Å². The van der Waals surface area contributed by atoms with Crippen molar-refractivity contribution in [3.05, 3.63) is 33.7 Å². The molecule has 0 bridgehead atoms. The number of H-pyrrole nitrogens is 1. The molecule has 0 spiro atoms. The summed E-state index contributed by atoms with van der Waals surface area (Å²) >= 11 is 8.66. The topological polar surface area (TPSA) is 72.5 Å². The van der Waals surface area contributed by atoms with Gasteiger partial charge in [0.15, 0.2) is 16.2 Å². The van der Waals surface area contributed by atoms with Gasteiger partial charge in [-0.15, -0.1) is 0 Å². The SMILES string of the molecule is S=c1[nH]c2cc(Br)cnc2n1CCc1ncon1. The van der Waals surface area contributed by atoms with E-state index in [1.165, 1.54) is 6.39 Å². The maximum Gasteiger partial charge on any atom is 0.213 e. The fourth-order valence-corrected chi connectivity index (χ4v) is 2.36. The average molecular weight is 326 g/mol. The van der Waals surface area contributed by atoms with E-state index < -0.39 is 0 Å². The van der Waals surface area contributed by atoms with Gasteiger partial charge in [0.1, 0.15) is 0 Å². The number of aromatic nitrogens is 5. The number of hydrogen-bond donors (Lipinski definition) is 1. The number of rotatable bonds is 3. The molecule has 3 rings (SSSR count). The zero-order chi connectivity index (χ0) is 12.5. The van der Waals surface area contributed by atoms with Crippen molar-refractivity contribution in [3.63, 3.8) is 0 Å². The Morgan fingerprint density at radius 2 is 2.33 bits per heavy atom. The Balaban J connectivity index is 1.96. The third kappa shape index (κ3) is 2.08. The molecule has 8 heteroatoms. The quantitative estimate of drug-likeness (QED) is 0.749. The summed E-state index contributed by atoms with van der Waals surface area (Å²) in [5, 5.41) is 3.77. The monoisotopic (exact) mass is 325 g/mol. The Morgan fingerprint density at radius 3 is 3.11 bits per heavy atom. The summed E-state index contributed by atoms with van der Waals surface area (Å²) in [4.78, 5) is 11.5. The first-order valence-corrected chi connectivity index (χ1v) is 6.43. The maximum atomic E-state index is 5.28. The van der Waals surface area contributed by atoms with Crippen LogP contribution in [0, 0.1) is 4.77 Å². The van der Waals surface area contributed by atoms with Crippen LogP contribution in [0.5, 0.6) is 0 Å². The molecule has 18 heavy (non-hydrogen) atoms. The van der Waals surface area contributed by atoms with E-state index in [-0.39, 0.29) is 0 Å². The van der Waals surface area contributed by atoms with Crippen LogP contribution in [0.4, 0.5) is 0 Å². The van der Waals surface area contributed by atoms with Gasteiger partial charge in [-0.2, -0.15) is 4.98 Å². The van der Waals surface area contributed by atoms with E-state index in [0.717, 1.165) is 15.6 Å². The highest BCUT2D eigenvalue weighted by molar-refractivity contribution is 9.10. The van der Waals surface area contributed by atoms with Crippen molar-refractivity contribution < 1.29 is 4.52 Å². The summed E-state index contributed by atoms with van der Waals surface area (Å²) in [6, 6.07) is 1.95. The zero-order valence-electron chi connectivity index (χ0n) is 9.13. The molecule has 0 atom stereocenters. The minimum absolute atomic E-state index is 0.638. The van der Waals surface area contributed by atoms with Crippen molar-refractivity contribution in [2.75, 3.05) is 0 Å². The largest absolute Gasteiger partial charge is 0.343 e. The number of halogens is 1. The van der Waals surface area contributed by atoms with Crippen LogP contribution in [0.3, 0.4) is 0 Å². The molecule has 92 valence electrons. The Bertz CT molecular complexity index is 732. The van der Waals surface area contributed by atoms with Gasteiger partial charge in [0.2, 0.25) is 6.39 Å². The molecule has 0 amide bonds. The highest BCUT2D eigenvalue weighted by Gasteiger charge is 2.07. The molecule has 6 nitrogen and oxygen atoms in total. The van der Waals surface area contributed by atoms with E-state index in [1.54, 1.807) is 6.20 Å². The Labute approximate surface area is 115 Å². The Hall–Kier alpha value is -1.54. The van der Waals surface area contributed by atoms with Crippen LogP contribution in [-0.4, -0.2) is 24.7 Å². The predicted molar refractivity (Wildman–Crippen MR) is 70.6 cm³/mol. The van der Waals surface area contributed by atoms with Gasteiger partial charge in [0.05, 0.1) is 5.52 Å². The second-order valence-corrected chi connectivity index (χ2v) is 5.01. The lowest BCUT2D eigenvalue weighted by atomic mass is 10.4. The minimum atomic E-state index is 0.638. The normalized spacial score (nSPS) is 11.2. The van der Waals surface area contributed by atoms with Gasteiger partial charge in [-0.3, -0.25) is 0 Å². The lowest BCUT2D eigenvalue weighted by molar-refractivity contribution is 0.408. The Kier molecular flexibility index (Phi) is 2.96. The summed E-state index contributed by atoms with van der Waals surface area (Å²) in [6.45, 7) is 0.660. The average Bonchev–Trinajstić information content (AvgIpc) is 2.93. The summed E-state index contributed by atoms with van der Waals surface area (Å²) in [6.07, 6.45) is 3.71. The lowest BCUT2D eigenvalue weighted by Crippen LogP contribution is -2.03. The van der Waals surface area contributed by atoms with Gasteiger partial charge in [-0.1, -0.05) is 5.16 Å². The van der Waals surface area contributed by atoms with Crippen LogP contribution in [0.15, 0.2) is 27.7 Å². The van der Waals surface area contributed by atoms with Crippen LogP contribution >= 0.6 is 28.1 Å². The fourth-order valence-electron chi connectivity index (χ4n) is 1.74. The number of nitrogens with zero attached hydrogens (tertiary/aromatic N) is 4. The van der Waals surface area contributed by atoms with E-state index in [0.29, 0.717) is 23.6 Å². The van der Waals surface area contributed by atoms with Crippen molar-refractivity contribution in [3.8, 4) is 0 Å². The van der Waals surface area contributed by atoms with Gasteiger partial charge in [-0.05, 0) is 34.2 Å². The molecule has 0 aliphatic rings. The standard InChI is InChI=1S/C10H8BrN5OS/c11-6-3-7-9(12-4-6)16(10(18)14-7)2-1-8-13-5-17-15-8/h3-5H,1-2H2,(H,14,18). The fraction of sp³-hybridized carbons (Fsp3) is 0.200. The number of imidazole rings is 1. The molecule has 0 saturated carbocycles. The minimum Gasteiger partial charge on any atom is -0.343 e. The van der Waals surface area contributed by atoms with Crippen LogP contribution < -0.4 is 0 Å². The van der Waals surface area contributed by atoms with Crippen molar-refractivity contribution in [2.24, 2.45) is 0 Å². The highest BCUT2D eigenvalue weighted by Crippen LogP contribution is 2.17. The predicted octanol–water partition coefficient (Wildman–Crippen LogP) is 2.48. The number of nitrogens with one attached hydrogen (secondary N) is 1. The Morgan fingerprint density at radius 1 is 1.44 bits per heavy atom. The third-order valence-electron chi connectivity index (χ3n) is 2.54. The van der Waals surface area contributed by atoms with Gasteiger partial charge in [0, 0.05) is 23.6 Å². The van der Waals surface area contributed by atoms with E-state index in [9.17, 15) is 0 Å². The highest BCUT2D eigenvalue weighted by atomic mass is 79.9. The van der Waals surface area contributed by atoms with Crippen molar-refractivity contribution in [2.45, 2.75) is 13.0 Å². The first-order valence-electron chi connectivity index (χ1n) is 5.23. The third-order valence-corrected chi connectivity index (χ3v) is 3.30. The number of pyridine rings is 1. The van der Waals surface area contributed by atoms with Crippen LogP contribution in [0.25, 0.3) is 11.2 Å². The summed E-state index contributed by atoms with van der Waals surface area (Å²) < 4.78 is 8.17. The number of hydrogen-bond acceptors (Lipinski definition) is 5. The van der Waals surface area contributed by atoms with Gasteiger partial charge < -0.3 is 14.1 Å². The first kappa shape index (κ1) is 11.5. The summed E-state index contributed by atoms with van der Waals surface area (Å²) in [5.41, 5.74) is 1.73. The lowest BCUT2D eigenvalue weighted by Gasteiger charge is -2.00. The number of fused-ring (bicyclic) bond motifs is 1. The second-order valence-electron chi connectivity index (χ2n) is 3.70. The van der Waals surface area contributed by atoms with E-state index in [1.807, 2.05) is 10.6 Å². The number of aryl methyl sites for hydroxylation is 2. The molecule has 0 radical (unpaired) electrons. The molecule has 3 aromatic heterocycles. The maximum absolute atomic E-state index is 5.28. The van der Waals surface area contributed by atoms with Crippen LogP contribution in [0.2, 0.25) is 0 Å². The van der Waals surface area contributed by atoms with Gasteiger partial charge in [-0.25, -0.2) is 4.98 Å². The molecule has 0 saturated heterocycles. The van der Waals surface area contributed by atoms with Crippen molar-refractivity contribution in [1.82, 2.24) is 24.7 Å². The first-order chi connectivity index (χ1) is 8.74. The summed E-state index contributed by atoms with van der Waals surface area (Å²) in [7, 11) is 0. The molecule has 1 N–H and O–H groups in total. The number of aromatic amines is 1. The van der Waals surface area contributed by atoms with Crippen LogP contribution in [0.1, 0.15) is 5.82 Å². The van der Waals surface area contributed by atoms with Gasteiger partial charge in [0.25, 0.3) is 0 Å². The zero-order valence-corrected chi connectivity index (χ0v) is 11.5. The molecule has 3 aromatic rings. The molecule has 0 aliphatic heterocycles. The van der Waals surface area contributed by atoms with E-state index >= 15 is 0 Å². The molecule has 0 fully saturated rings. The molecule has 0 aliphatic carbocycles. The molecule has 3 heterocycles. The molecular weight excluding hydrogens is 318 g/mol. The second kappa shape index (κ2) is 4.62. The van der Waals surface area contributed by atoms with Crippen molar-refractivity contribution >= 4 is 39.3 Å².